The first-order valence-corrected chi connectivity index (χ1v) is 15.2. The van der Waals surface area contributed by atoms with E-state index in [0.717, 1.165) is 0 Å². The molecule has 1 aromatic rings. The van der Waals surface area contributed by atoms with E-state index in [9.17, 15) is 33.2 Å². The second-order valence-corrected chi connectivity index (χ2v) is 11.3. The number of allylic oxidation sites excluding steroid dienone is 1. The van der Waals surface area contributed by atoms with E-state index in [4.69, 9.17) is 9.47 Å². The highest BCUT2D eigenvalue weighted by Gasteiger charge is 2.38. The van der Waals surface area contributed by atoms with Crippen LogP contribution in [0.2, 0.25) is 0 Å². The van der Waals surface area contributed by atoms with E-state index < -0.39 is 71.5 Å². The van der Waals surface area contributed by atoms with E-state index in [1.807, 2.05) is 13.8 Å². The van der Waals surface area contributed by atoms with Crippen LogP contribution in [0.25, 0.3) is 0 Å². The van der Waals surface area contributed by atoms with Gasteiger partial charge in [-0.1, -0.05) is 32.1 Å². The van der Waals surface area contributed by atoms with Gasteiger partial charge in [-0.15, -0.1) is 0 Å². The van der Waals surface area contributed by atoms with Gasteiger partial charge in [0.05, 0.1) is 31.8 Å². The van der Waals surface area contributed by atoms with Crippen molar-refractivity contribution in [2.24, 2.45) is 5.92 Å². The van der Waals surface area contributed by atoms with Crippen molar-refractivity contribution in [3.05, 3.63) is 47.8 Å². The van der Waals surface area contributed by atoms with Crippen molar-refractivity contribution >= 4 is 35.4 Å². The molecule has 4 N–H and O–H groups in total. The lowest BCUT2D eigenvalue weighted by Crippen LogP contribution is -2.56. The summed E-state index contributed by atoms with van der Waals surface area (Å²) in [6.45, 7) is 6.98. The number of nitrogens with one attached hydrogen (secondary N) is 4. The van der Waals surface area contributed by atoms with Gasteiger partial charge in [0.2, 0.25) is 17.7 Å². The van der Waals surface area contributed by atoms with Crippen LogP contribution >= 0.6 is 0 Å². The van der Waals surface area contributed by atoms with E-state index in [-0.39, 0.29) is 31.8 Å². The molecule has 13 heteroatoms. The third kappa shape index (κ3) is 12.8. The highest BCUT2D eigenvalue weighted by Crippen LogP contribution is 2.18. The molecule has 1 saturated heterocycles. The van der Waals surface area contributed by atoms with E-state index >= 15 is 0 Å². The van der Waals surface area contributed by atoms with Crippen LogP contribution in [0, 0.1) is 11.7 Å². The van der Waals surface area contributed by atoms with E-state index in [0.29, 0.717) is 24.8 Å². The topological polar surface area (TPSA) is 169 Å². The van der Waals surface area contributed by atoms with Crippen LogP contribution in [0.1, 0.15) is 65.4 Å². The van der Waals surface area contributed by atoms with Gasteiger partial charge in [-0.05, 0) is 69.1 Å². The monoisotopic (exact) mass is 632 g/mol. The van der Waals surface area contributed by atoms with Crippen LogP contribution in [0.15, 0.2) is 36.4 Å². The van der Waals surface area contributed by atoms with Gasteiger partial charge in [0, 0.05) is 13.0 Å². The first-order valence-electron chi connectivity index (χ1n) is 15.2. The van der Waals surface area contributed by atoms with Gasteiger partial charge in [-0.3, -0.25) is 24.5 Å². The van der Waals surface area contributed by atoms with Crippen molar-refractivity contribution in [2.45, 2.75) is 96.4 Å². The Labute approximate surface area is 263 Å². The van der Waals surface area contributed by atoms with Gasteiger partial charge < -0.3 is 25.4 Å². The van der Waals surface area contributed by atoms with Crippen LogP contribution < -0.4 is 21.3 Å². The number of carbonyl (C=O) groups excluding carboxylic acids is 6. The number of hydrogen-bond donors (Lipinski definition) is 4. The van der Waals surface area contributed by atoms with Crippen molar-refractivity contribution in [2.75, 3.05) is 13.7 Å². The van der Waals surface area contributed by atoms with Gasteiger partial charge in [0.15, 0.2) is 5.78 Å². The Morgan fingerprint density at radius 2 is 1.64 bits per heavy atom. The summed E-state index contributed by atoms with van der Waals surface area (Å²) < 4.78 is 23.2. The van der Waals surface area contributed by atoms with Crippen LogP contribution in [-0.2, 0) is 44.7 Å². The van der Waals surface area contributed by atoms with E-state index in [1.54, 1.807) is 6.92 Å². The molecular weight excluding hydrogens is 587 g/mol. The molecule has 0 spiro atoms. The largest absolute Gasteiger partial charge is 0.467 e. The molecule has 1 aromatic carbocycles. The summed E-state index contributed by atoms with van der Waals surface area (Å²) in [5.41, 5.74) is 0.588. The third-order valence-electron chi connectivity index (χ3n) is 7.19. The molecule has 45 heavy (non-hydrogen) atoms. The lowest BCUT2D eigenvalue weighted by atomic mass is 9.96. The zero-order chi connectivity index (χ0) is 33.5. The number of esters is 2. The fourth-order valence-corrected chi connectivity index (χ4v) is 5.02. The van der Waals surface area contributed by atoms with E-state index in [1.165, 1.54) is 50.5 Å². The molecule has 5 atom stereocenters. The Kier molecular flexibility index (Phi) is 15.3. The summed E-state index contributed by atoms with van der Waals surface area (Å²) in [5.74, 6) is -3.33. The lowest BCUT2D eigenvalue weighted by molar-refractivity contribution is -0.145. The number of hydrogen-bond acceptors (Lipinski definition) is 9. The number of ketones is 1. The molecule has 0 aromatic heterocycles. The molecule has 0 bridgehead atoms. The molecule has 1 aliphatic rings. The molecule has 1 heterocycles. The van der Waals surface area contributed by atoms with Gasteiger partial charge in [-0.25, -0.2) is 14.0 Å². The third-order valence-corrected chi connectivity index (χ3v) is 7.19. The van der Waals surface area contributed by atoms with Crippen LogP contribution in [0.5, 0.6) is 0 Å². The number of Topliss-reactive ketones (excluding diaryl/α,β-unsaturated/α-hetero) is 1. The quantitative estimate of drug-likeness (QED) is 0.147. The van der Waals surface area contributed by atoms with Gasteiger partial charge in [0.25, 0.3) is 0 Å². The average Bonchev–Trinajstić information content (AvgIpc) is 3.48. The van der Waals surface area contributed by atoms with Crippen LogP contribution in [0.3, 0.4) is 0 Å². The lowest BCUT2D eigenvalue weighted by Gasteiger charge is -2.25. The minimum atomic E-state index is -1.07. The number of amides is 3. The number of ether oxygens (including phenoxy) is 2. The van der Waals surface area contributed by atoms with Crippen LogP contribution in [-0.4, -0.2) is 79.4 Å². The normalized spacial score (nSPS) is 18.1. The van der Waals surface area contributed by atoms with Gasteiger partial charge in [0.1, 0.15) is 17.9 Å². The molecule has 248 valence electrons. The minimum Gasteiger partial charge on any atom is -0.467 e. The molecule has 0 radical (unpaired) electrons. The zero-order valence-corrected chi connectivity index (χ0v) is 26.5. The van der Waals surface area contributed by atoms with Gasteiger partial charge >= 0.3 is 11.9 Å². The Morgan fingerprint density at radius 1 is 0.978 bits per heavy atom. The molecule has 1 aliphatic heterocycles. The number of halogens is 1. The Hall–Kier alpha value is -4.13. The van der Waals surface area contributed by atoms with Crippen molar-refractivity contribution in [1.29, 1.82) is 0 Å². The standard InChI is InChI=1S/C32H45FN4O8/c1-6-45-28(39)10-8-7-9-24(34-20(4)38)30(41)36-26(18-21-11-13-22(33)14-12-21)29(40)23-15-16-25(35-23)31(42)37-27(17-19(2)3)32(43)44-5/h8,10-14,19,23-27,35H,6-7,9,15-18H2,1-5H3,(H,34,38)(H,36,41)(H,37,42)/b10-8+/t23?,24-,25-,26?,27-/m0/s1. The molecular formula is C32H45FN4O8. The number of carbonyl (C=O) groups is 6. The first kappa shape index (κ1) is 37.1. The summed E-state index contributed by atoms with van der Waals surface area (Å²) in [5, 5.41) is 11.1. The first-order chi connectivity index (χ1) is 21.3. The van der Waals surface area contributed by atoms with E-state index in [2.05, 4.69) is 21.3 Å². The maximum Gasteiger partial charge on any atom is 0.330 e. The van der Waals surface area contributed by atoms with Crippen molar-refractivity contribution in [3.8, 4) is 0 Å². The second kappa shape index (κ2) is 18.6. The predicted molar refractivity (Wildman–Crippen MR) is 163 cm³/mol. The Morgan fingerprint density at radius 3 is 2.24 bits per heavy atom. The highest BCUT2D eigenvalue weighted by molar-refractivity contribution is 5.96. The number of rotatable bonds is 17. The molecule has 0 aliphatic carbocycles. The molecule has 2 rings (SSSR count). The SMILES string of the molecule is CCOC(=O)/C=C/CC[C@H](NC(C)=O)C(=O)NC(Cc1ccc(F)cc1)C(=O)C1CC[C@@H](C(=O)N[C@@H](CC(C)C)C(=O)OC)N1. The summed E-state index contributed by atoms with van der Waals surface area (Å²) in [4.78, 5) is 75.8. The summed E-state index contributed by atoms with van der Waals surface area (Å²) in [6, 6.07) is 1.05. The fourth-order valence-electron chi connectivity index (χ4n) is 5.02. The molecule has 0 saturated carbocycles. The van der Waals surface area contributed by atoms with Gasteiger partial charge in [-0.2, -0.15) is 0 Å². The maximum absolute atomic E-state index is 13.8. The fraction of sp³-hybridized carbons (Fsp3) is 0.562. The Balaban J connectivity index is 2.18. The average molecular weight is 633 g/mol. The molecule has 1 fully saturated rings. The van der Waals surface area contributed by atoms with Crippen molar-refractivity contribution in [3.63, 3.8) is 0 Å². The van der Waals surface area contributed by atoms with Crippen LogP contribution in [0.4, 0.5) is 4.39 Å². The summed E-state index contributed by atoms with van der Waals surface area (Å²) in [6.07, 6.45) is 4.20. The number of methoxy groups -OCH3 is 1. The molecule has 12 nitrogen and oxygen atoms in total. The smallest absolute Gasteiger partial charge is 0.330 e. The maximum atomic E-state index is 13.8. The minimum absolute atomic E-state index is 0.0360. The predicted octanol–water partition coefficient (Wildman–Crippen LogP) is 1.65. The Bertz CT molecular complexity index is 1220. The van der Waals surface area contributed by atoms with Crippen molar-refractivity contribution < 1.29 is 42.6 Å². The molecule has 3 amide bonds. The second-order valence-electron chi connectivity index (χ2n) is 11.3. The molecule has 2 unspecified atom stereocenters. The number of benzene rings is 1. The highest BCUT2D eigenvalue weighted by atomic mass is 19.1. The summed E-state index contributed by atoms with van der Waals surface area (Å²) >= 11 is 0. The summed E-state index contributed by atoms with van der Waals surface area (Å²) in [7, 11) is 1.25. The zero-order valence-electron chi connectivity index (χ0n) is 26.5. The van der Waals surface area contributed by atoms with Crippen molar-refractivity contribution in [1.82, 2.24) is 21.3 Å².